The lowest BCUT2D eigenvalue weighted by Crippen LogP contribution is -2.51. The third kappa shape index (κ3) is 3.81. The van der Waals surface area contributed by atoms with Crippen molar-refractivity contribution in [3.8, 4) is 0 Å². The molecule has 0 saturated carbocycles. The number of hydrogen-bond donors (Lipinski definition) is 2. The molecule has 29 heavy (non-hydrogen) atoms. The Hall–Kier alpha value is -2.98. The van der Waals surface area contributed by atoms with Crippen LogP contribution >= 0.6 is 0 Å². The highest BCUT2D eigenvalue weighted by Gasteiger charge is 2.49. The molecule has 0 aliphatic carbocycles. The lowest BCUT2D eigenvalue weighted by atomic mass is 9.79. The molecule has 6 nitrogen and oxygen atoms in total. The predicted molar refractivity (Wildman–Crippen MR) is 95.8 cm³/mol. The Bertz CT molecular complexity index is 973. The molecule has 2 heterocycles. The Kier molecular flexibility index (Phi) is 5.10. The number of carbonyl (C=O) groups excluding carboxylic acids is 1. The van der Waals surface area contributed by atoms with Crippen LogP contribution in [0.1, 0.15) is 42.9 Å². The summed E-state index contributed by atoms with van der Waals surface area (Å²) in [6, 6.07) is 4.41. The predicted octanol–water partition coefficient (Wildman–Crippen LogP) is 3.71. The van der Waals surface area contributed by atoms with Crippen molar-refractivity contribution in [3.63, 3.8) is 0 Å². The molecule has 2 aromatic rings. The molecular formula is C18H18F5N5O. The summed E-state index contributed by atoms with van der Waals surface area (Å²) in [5, 5.41) is 5.80. The van der Waals surface area contributed by atoms with Crippen LogP contribution < -0.4 is 11.1 Å². The number of nitrogens with zero attached hydrogens (tertiary/aromatic N) is 3. The number of alkyl halides is 4. The minimum atomic E-state index is -2.91. The molecule has 0 radical (unpaired) electrons. The molecule has 3 atom stereocenters. The van der Waals surface area contributed by atoms with E-state index in [9.17, 15) is 26.7 Å². The smallest absolute Gasteiger partial charge is 0.333 e. The molecular weight excluding hydrogens is 397 g/mol. The van der Waals surface area contributed by atoms with Crippen LogP contribution in [0.15, 0.2) is 35.5 Å². The summed E-state index contributed by atoms with van der Waals surface area (Å²) in [7, 11) is 0. The topological polar surface area (TPSA) is 85.3 Å². The van der Waals surface area contributed by atoms with Gasteiger partial charge in [-0.1, -0.05) is 0 Å². The highest BCUT2D eigenvalue weighted by molar-refractivity contribution is 6.02. The van der Waals surface area contributed by atoms with Crippen LogP contribution in [0.25, 0.3) is 0 Å². The summed E-state index contributed by atoms with van der Waals surface area (Å²) < 4.78 is 69.0. The van der Waals surface area contributed by atoms with Gasteiger partial charge in [-0.25, -0.2) is 17.9 Å². The molecule has 1 aromatic carbocycles. The first-order chi connectivity index (χ1) is 13.4. The Morgan fingerprint density at radius 2 is 2.03 bits per heavy atom. The number of halogens is 5. The van der Waals surface area contributed by atoms with Gasteiger partial charge in [-0.3, -0.25) is 9.79 Å². The van der Waals surface area contributed by atoms with Gasteiger partial charge < -0.3 is 11.1 Å². The van der Waals surface area contributed by atoms with E-state index in [1.165, 1.54) is 13.0 Å². The van der Waals surface area contributed by atoms with Crippen LogP contribution in [0, 0.1) is 5.82 Å². The normalized spacial score (nSPS) is 27.0. The Balaban J connectivity index is 1.92. The maximum atomic E-state index is 14.8. The van der Waals surface area contributed by atoms with Gasteiger partial charge in [-0.2, -0.15) is 13.9 Å². The first kappa shape index (κ1) is 20.7. The van der Waals surface area contributed by atoms with Crippen molar-refractivity contribution in [2.24, 2.45) is 10.7 Å². The second-order valence-corrected chi connectivity index (χ2v) is 7.12. The van der Waals surface area contributed by atoms with Crippen molar-refractivity contribution in [2.45, 2.75) is 44.2 Å². The molecule has 156 valence electrons. The number of rotatable bonds is 4. The lowest BCUT2D eigenvalue weighted by Gasteiger charge is -2.38. The molecule has 1 amide bonds. The van der Waals surface area contributed by atoms with Gasteiger partial charge in [0.1, 0.15) is 23.4 Å². The summed E-state index contributed by atoms with van der Waals surface area (Å²) in [5.74, 6) is -2.11. The lowest BCUT2D eigenvalue weighted by molar-refractivity contribution is 0.0561. The number of amides is 1. The number of aliphatic imine (C=N–C) groups is 1. The van der Waals surface area contributed by atoms with Crippen molar-refractivity contribution in [2.75, 3.05) is 5.32 Å². The van der Waals surface area contributed by atoms with Gasteiger partial charge in [0.15, 0.2) is 11.4 Å². The molecule has 1 aliphatic heterocycles. The summed E-state index contributed by atoms with van der Waals surface area (Å²) in [6.07, 6.45) is -1.57. The average Bonchev–Trinajstić information content (AvgIpc) is 3.12. The van der Waals surface area contributed by atoms with Gasteiger partial charge in [0.25, 0.3) is 5.91 Å². The number of anilines is 1. The molecule has 0 bridgehead atoms. The van der Waals surface area contributed by atoms with E-state index < -0.39 is 47.9 Å². The largest absolute Gasteiger partial charge is 0.385 e. The Labute approximate surface area is 162 Å². The number of hydrogen-bond acceptors (Lipinski definition) is 4. The molecule has 1 aliphatic rings. The van der Waals surface area contributed by atoms with E-state index >= 15 is 0 Å². The SMILES string of the molecule is C[C@]1(F)CC(F)[C@@](C)(c2cc(NC(=O)c3ccn(C(F)F)n3)ccc2F)N=C1N. The zero-order valence-corrected chi connectivity index (χ0v) is 15.5. The van der Waals surface area contributed by atoms with E-state index in [0.717, 1.165) is 31.3 Å². The monoisotopic (exact) mass is 415 g/mol. The second kappa shape index (κ2) is 7.12. The van der Waals surface area contributed by atoms with E-state index in [0.29, 0.717) is 4.68 Å². The minimum absolute atomic E-state index is 0.0498. The van der Waals surface area contributed by atoms with Gasteiger partial charge >= 0.3 is 6.55 Å². The fourth-order valence-electron chi connectivity index (χ4n) is 3.06. The van der Waals surface area contributed by atoms with Crippen LogP contribution in [0.4, 0.5) is 27.6 Å². The minimum Gasteiger partial charge on any atom is -0.385 e. The molecule has 3 N–H and O–H groups in total. The number of nitrogens with two attached hydrogens (primary N) is 1. The summed E-state index contributed by atoms with van der Waals surface area (Å²) in [6.45, 7) is -0.552. The van der Waals surface area contributed by atoms with E-state index in [-0.39, 0.29) is 16.9 Å². The van der Waals surface area contributed by atoms with Crippen molar-refractivity contribution >= 4 is 17.4 Å². The van der Waals surface area contributed by atoms with Gasteiger partial charge in [0.05, 0.1) is 0 Å². The summed E-state index contributed by atoms with van der Waals surface area (Å²) in [5.41, 5.74) is 1.15. The molecule has 11 heteroatoms. The first-order valence-corrected chi connectivity index (χ1v) is 8.57. The number of aromatic nitrogens is 2. The van der Waals surface area contributed by atoms with Crippen molar-refractivity contribution in [1.29, 1.82) is 0 Å². The van der Waals surface area contributed by atoms with Gasteiger partial charge in [-0.15, -0.1) is 0 Å². The highest BCUT2D eigenvalue weighted by atomic mass is 19.3. The molecule has 1 unspecified atom stereocenters. The molecule has 3 rings (SSSR count). The van der Waals surface area contributed by atoms with E-state index in [4.69, 9.17) is 5.73 Å². The van der Waals surface area contributed by atoms with Gasteiger partial charge in [-0.05, 0) is 38.1 Å². The second-order valence-electron chi connectivity index (χ2n) is 7.12. The third-order valence-electron chi connectivity index (χ3n) is 4.87. The maximum absolute atomic E-state index is 14.8. The molecule has 0 spiro atoms. The zero-order chi connectivity index (χ0) is 21.6. The van der Waals surface area contributed by atoms with Crippen molar-refractivity contribution < 1.29 is 26.7 Å². The van der Waals surface area contributed by atoms with Crippen LogP contribution in [-0.4, -0.2) is 33.4 Å². The summed E-state index contributed by atoms with van der Waals surface area (Å²) in [4.78, 5) is 16.1. The molecule has 0 saturated heterocycles. The number of amidine groups is 1. The van der Waals surface area contributed by atoms with Gasteiger partial charge in [0.2, 0.25) is 0 Å². The Morgan fingerprint density at radius 3 is 2.66 bits per heavy atom. The highest BCUT2D eigenvalue weighted by Crippen LogP contribution is 2.42. The standard InChI is InChI=1S/C18H18F5N5O/c1-17(23)8-13(20)18(2,26-15(17)24)10-7-9(3-4-11(10)19)25-14(29)12-5-6-28(27-12)16(21)22/h3-7,13,16H,8H2,1-2H3,(H2,24,26)(H,25,29)/t13?,17-,18+/m0/s1. The number of nitrogens with one attached hydrogen (secondary N) is 1. The summed E-state index contributed by atoms with van der Waals surface area (Å²) >= 11 is 0. The fourth-order valence-corrected chi connectivity index (χ4v) is 3.06. The van der Waals surface area contributed by atoms with E-state index in [1.807, 2.05) is 0 Å². The Morgan fingerprint density at radius 1 is 1.34 bits per heavy atom. The van der Waals surface area contributed by atoms with Crippen LogP contribution in [0.5, 0.6) is 0 Å². The fraction of sp³-hybridized carbons (Fsp3) is 0.389. The van der Waals surface area contributed by atoms with Crippen LogP contribution in [0.3, 0.4) is 0 Å². The number of benzene rings is 1. The van der Waals surface area contributed by atoms with E-state index in [2.05, 4.69) is 15.4 Å². The van der Waals surface area contributed by atoms with Crippen molar-refractivity contribution in [1.82, 2.24) is 9.78 Å². The maximum Gasteiger partial charge on any atom is 0.333 e. The third-order valence-corrected chi connectivity index (χ3v) is 4.87. The van der Waals surface area contributed by atoms with Crippen molar-refractivity contribution in [3.05, 3.63) is 47.5 Å². The molecule has 0 fully saturated rings. The van der Waals surface area contributed by atoms with Gasteiger partial charge in [0, 0.05) is 23.9 Å². The quantitative estimate of drug-likeness (QED) is 0.747. The van der Waals surface area contributed by atoms with Crippen LogP contribution in [-0.2, 0) is 5.54 Å². The van der Waals surface area contributed by atoms with Crippen LogP contribution in [0.2, 0.25) is 0 Å². The first-order valence-electron chi connectivity index (χ1n) is 8.57. The molecule has 1 aromatic heterocycles. The average molecular weight is 415 g/mol. The zero-order valence-electron chi connectivity index (χ0n) is 15.5. The number of carbonyl (C=O) groups is 1. The van der Waals surface area contributed by atoms with E-state index in [1.54, 1.807) is 0 Å².